The summed E-state index contributed by atoms with van der Waals surface area (Å²) in [5.74, 6) is -0.238. The maximum absolute atomic E-state index is 12.6. The smallest absolute Gasteiger partial charge is 0.340 e. The number of rotatable bonds is 4. The number of carbonyl (C=O) groups is 1. The van der Waals surface area contributed by atoms with Gasteiger partial charge in [-0.3, -0.25) is 0 Å². The van der Waals surface area contributed by atoms with E-state index in [0.717, 1.165) is 29.9 Å². The molecule has 2 aromatic carbocycles. The van der Waals surface area contributed by atoms with E-state index in [1.807, 2.05) is 43.3 Å². The van der Waals surface area contributed by atoms with Crippen LogP contribution < -0.4 is 4.90 Å². The Bertz CT molecular complexity index is 661. The molecule has 120 valence electrons. The summed E-state index contributed by atoms with van der Waals surface area (Å²) >= 11 is 0. The van der Waals surface area contributed by atoms with E-state index in [9.17, 15) is 4.79 Å². The van der Waals surface area contributed by atoms with Crippen LogP contribution in [0.4, 0.5) is 5.69 Å². The van der Waals surface area contributed by atoms with E-state index >= 15 is 0 Å². The van der Waals surface area contributed by atoms with Crippen LogP contribution in [0.1, 0.15) is 40.7 Å². The van der Waals surface area contributed by atoms with Crippen molar-refractivity contribution in [2.75, 3.05) is 18.0 Å². The third-order valence-corrected chi connectivity index (χ3v) is 4.28. The molecular formula is C20H23NO2. The third-order valence-electron chi connectivity index (χ3n) is 4.28. The Kier molecular flexibility index (Phi) is 4.96. The Balaban J connectivity index is 1.77. The number of esters is 1. The third kappa shape index (κ3) is 3.92. The summed E-state index contributed by atoms with van der Waals surface area (Å²) in [6.45, 7) is 4.35. The van der Waals surface area contributed by atoms with Crippen molar-refractivity contribution in [2.45, 2.75) is 32.8 Å². The van der Waals surface area contributed by atoms with Crippen LogP contribution in [0.5, 0.6) is 0 Å². The van der Waals surface area contributed by atoms with Gasteiger partial charge in [0, 0.05) is 13.1 Å². The Morgan fingerprint density at radius 2 is 1.78 bits per heavy atom. The van der Waals surface area contributed by atoms with E-state index in [2.05, 4.69) is 17.0 Å². The zero-order chi connectivity index (χ0) is 16.1. The Morgan fingerprint density at radius 3 is 2.52 bits per heavy atom. The number of ether oxygens (including phenoxy) is 1. The van der Waals surface area contributed by atoms with Gasteiger partial charge in [-0.25, -0.2) is 4.79 Å². The van der Waals surface area contributed by atoms with Gasteiger partial charge in [-0.15, -0.1) is 0 Å². The Morgan fingerprint density at radius 1 is 1.04 bits per heavy atom. The Hall–Kier alpha value is -2.29. The fourth-order valence-corrected chi connectivity index (χ4v) is 3.02. The zero-order valence-electron chi connectivity index (χ0n) is 13.6. The first kappa shape index (κ1) is 15.6. The van der Waals surface area contributed by atoms with E-state index in [4.69, 9.17) is 4.74 Å². The monoisotopic (exact) mass is 309 g/mol. The summed E-state index contributed by atoms with van der Waals surface area (Å²) in [6.07, 6.45) is 3.65. The van der Waals surface area contributed by atoms with E-state index < -0.39 is 0 Å². The van der Waals surface area contributed by atoms with Crippen molar-refractivity contribution in [3.63, 3.8) is 0 Å². The lowest BCUT2D eigenvalue weighted by Gasteiger charge is -2.30. The first-order valence-corrected chi connectivity index (χ1v) is 8.31. The number of benzene rings is 2. The lowest BCUT2D eigenvalue weighted by atomic mass is 10.0. The molecule has 3 heteroatoms. The zero-order valence-corrected chi connectivity index (χ0v) is 13.6. The second kappa shape index (κ2) is 7.32. The second-order valence-electron chi connectivity index (χ2n) is 6.13. The number of carbonyl (C=O) groups excluding carboxylic acids is 1. The maximum Gasteiger partial charge on any atom is 0.340 e. The molecule has 1 fully saturated rings. The van der Waals surface area contributed by atoms with Crippen LogP contribution in [0.25, 0.3) is 0 Å². The molecule has 0 amide bonds. The van der Waals surface area contributed by atoms with Gasteiger partial charge >= 0.3 is 5.97 Å². The minimum absolute atomic E-state index is 0.238. The molecular weight excluding hydrogens is 286 g/mol. The summed E-state index contributed by atoms with van der Waals surface area (Å²) in [5, 5.41) is 0. The van der Waals surface area contributed by atoms with E-state index in [1.165, 1.54) is 19.3 Å². The molecule has 0 saturated carbocycles. The van der Waals surface area contributed by atoms with Gasteiger partial charge < -0.3 is 9.64 Å². The minimum atomic E-state index is -0.238. The molecule has 0 bridgehead atoms. The summed E-state index contributed by atoms with van der Waals surface area (Å²) in [6, 6.07) is 15.9. The van der Waals surface area contributed by atoms with Gasteiger partial charge in [-0.1, -0.05) is 42.0 Å². The number of hydrogen-bond acceptors (Lipinski definition) is 3. The molecule has 2 aromatic rings. The van der Waals surface area contributed by atoms with Crippen molar-refractivity contribution in [1.29, 1.82) is 0 Å². The molecule has 1 aliphatic heterocycles. The summed E-state index contributed by atoms with van der Waals surface area (Å²) < 4.78 is 5.54. The van der Waals surface area contributed by atoms with Gasteiger partial charge in [0.05, 0.1) is 11.3 Å². The summed E-state index contributed by atoms with van der Waals surface area (Å²) in [5.41, 5.74) is 3.78. The van der Waals surface area contributed by atoms with Crippen LogP contribution in [-0.4, -0.2) is 19.1 Å². The van der Waals surface area contributed by atoms with Crippen molar-refractivity contribution < 1.29 is 9.53 Å². The highest BCUT2D eigenvalue weighted by Crippen LogP contribution is 2.26. The molecule has 1 saturated heterocycles. The average Bonchev–Trinajstić information content (AvgIpc) is 2.61. The molecule has 1 heterocycles. The van der Waals surface area contributed by atoms with E-state index in [0.29, 0.717) is 12.2 Å². The standard InChI is InChI=1S/C20H23NO2/c1-16-10-11-19(21-12-6-3-7-13-21)18(14-16)20(22)23-15-17-8-4-2-5-9-17/h2,4-5,8-11,14H,3,6-7,12-13,15H2,1H3. The molecule has 23 heavy (non-hydrogen) atoms. The summed E-state index contributed by atoms with van der Waals surface area (Å²) in [7, 11) is 0. The number of hydrogen-bond donors (Lipinski definition) is 0. The fourth-order valence-electron chi connectivity index (χ4n) is 3.02. The number of nitrogens with zero attached hydrogens (tertiary/aromatic N) is 1. The predicted molar refractivity (Wildman–Crippen MR) is 92.8 cm³/mol. The SMILES string of the molecule is Cc1ccc(N2CCCCC2)c(C(=O)OCc2ccccc2)c1. The number of aryl methyl sites for hydroxylation is 1. The molecule has 0 unspecified atom stereocenters. The molecule has 0 aromatic heterocycles. The Labute approximate surface area is 137 Å². The summed E-state index contributed by atoms with van der Waals surface area (Å²) in [4.78, 5) is 14.9. The topological polar surface area (TPSA) is 29.5 Å². The quantitative estimate of drug-likeness (QED) is 0.787. The van der Waals surface area contributed by atoms with Crippen molar-refractivity contribution >= 4 is 11.7 Å². The molecule has 0 spiro atoms. The van der Waals surface area contributed by atoms with Crippen molar-refractivity contribution in [1.82, 2.24) is 0 Å². The highest BCUT2D eigenvalue weighted by molar-refractivity contribution is 5.96. The lowest BCUT2D eigenvalue weighted by molar-refractivity contribution is 0.0473. The van der Waals surface area contributed by atoms with Gasteiger partial charge in [0.1, 0.15) is 6.61 Å². The number of anilines is 1. The molecule has 1 aliphatic rings. The molecule has 3 rings (SSSR count). The van der Waals surface area contributed by atoms with E-state index in [1.54, 1.807) is 0 Å². The van der Waals surface area contributed by atoms with Crippen LogP contribution in [0, 0.1) is 6.92 Å². The van der Waals surface area contributed by atoms with E-state index in [-0.39, 0.29) is 5.97 Å². The van der Waals surface area contributed by atoms with Gasteiger partial charge in [0.15, 0.2) is 0 Å². The molecule has 0 atom stereocenters. The molecule has 0 aliphatic carbocycles. The first-order chi connectivity index (χ1) is 11.2. The van der Waals surface area contributed by atoms with Crippen molar-refractivity contribution in [2.24, 2.45) is 0 Å². The highest BCUT2D eigenvalue weighted by Gasteiger charge is 2.19. The largest absolute Gasteiger partial charge is 0.457 e. The fraction of sp³-hybridized carbons (Fsp3) is 0.350. The predicted octanol–water partition coefficient (Wildman–Crippen LogP) is 4.34. The maximum atomic E-state index is 12.6. The van der Waals surface area contributed by atoms with Crippen LogP contribution in [0.2, 0.25) is 0 Å². The van der Waals surface area contributed by atoms with Crippen LogP contribution in [0.15, 0.2) is 48.5 Å². The van der Waals surface area contributed by atoms with Crippen LogP contribution in [0.3, 0.4) is 0 Å². The van der Waals surface area contributed by atoms with Crippen LogP contribution >= 0.6 is 0 Å². The molecule has 0 radical (unpaired) electrons. The van der Waals surface area contributed by atoms with Crippen molar-refractivity contribution in [3.05, 3.63) is 65.2 Å². The van der Waals surface area contributed by atoms with Gasteiger partial charge in [0.25, 0.3) is 0 Å². The number of piperidine rings is 1. The highest BCUT2D eigenvalue weighted by atomic mass is 16.5. The lowest BCUT2D eigenvalue weighted by Crippen LogP contribution is -2.31. The second-order valence-corrected chi connectivity index (χ2v) is 6.13. The average molecular weight is 309 g/mol. The molecule has 0 N–H and O–H groups in total. The van der Waals surface area contributed by atoms with Gasteiger partial charge in [0.2, 0.25) is 0 Å². The van der Waals surface area contributed by atoms with Gasteiger partial charge in [-0.2, -0.15) is 0 Å². The van der Waals surface area contributed by atoms with Crippen LogP contribution in [-0.2, 0) is 11.3 Å². The normalized spacial score (nSPS) is 14.6. The van der Waals surface area contributed by atoms with Gasteiger partial charge in [-0.05, 0) is 43.9 Å². The first-order valence-electron chi connectivity index (χ1n) is 8.31. The minimum Gasteiger partial charge on any atom is -0.457 e. The van der Waals surface area contributed by atoms with Crippen molar-refractivity contribution in [3.8, 4) is 0 Å². The molecule has 3 nitrogen and oxygen atoms in total.